The summed E-state index contributed by atoms with van der Waals surface area (Å²) in [6.07, 6.45) is 1.13. The Morgan fingerprint density at radius 1 is 1.47 bits per heavy atom. The number of hydrogen-bond donors (Lipinski definition) is 2. The molecule has 4 nitrogen and oxygen atoms in total. The summed E-state index contributed by atoms with van der Waals surface area (Å²) in [5, 5.41) is 11.4. The number of aliphatic carboxylic acids is 1. The van der Waals surface area contributed by atoms with Crippen molar-refractivity contribution in [2.75, 3.05) is 0 Å². The number of benzene rings is 1. The second-order valence-electron chi connectivity index (χ2n) is 3.66. The molecule has 0 unspecified atom stereocenters. The summed E-state index contributed by atoms with van der Waals surface area (Å²) in [6, 6.07) is 6.00. The molecule has 0 bridgehead atoms. The highest BCUT2D eigenvalue weighted by Gasteiger charge is 2.19. The third-order valence-corrected chi connectivity index (χ3v) is 2.76. The van der Waals surface area contributed by atoms with E-state index in [4.69, 9.17) is 5.11 Å². The second kappa shape index (κ2) is 6.39. The Morgan fingerprint density at radius 3 is 2.71 bits per heavy atom. The molecule has 0 saturated carbocycles. The van der Waals surface area contributed by atoms with Crippen molar-refractivity contribution >= 4 is 27.8 Å². The molecule has 0 aliphatic heterocycles. The summed E-state index contributed by atoms with van der Waals surface area (Å²) in [5.74, 6) is -1.37. The topological polar surface area (TPSA) is 66.4 Å². The third kappa shape index (κ3) is 4.19. The zero-order valence-electron chi connectivity index (χ0n) is 9.44. The number of carbonyl (C=O) groups is 2. The molecule has 1 aromatic carbocycles. The lowest BCUT2D eigenvalue weighted by atomic mass is 10.1. The van der Waals surface area contributed by atoms with Crippen molar-refractivity contribution in [1.82, 2.24) is 5.32 Å². The predicted molar refractivity (Wildman–Crippen MR) is 67.9 cm³/mol. The molecule has 1 rings (SSSR count). The average Bonchev–Trinajstić information content (AvgIpc) is 2.28. The number of nitrogens with one attached hydrogen (secondary N) is 1. The summed E-state index contributed by atoms with van der Waals surface area (Å²) in [7, 11) is 0. The number of rotatable bonds is 5. The second-order valence-corrected chi connectivity index (χ2v) is 4.58. The quantitative estimate of drug-likeness (QED) is 0.877. The highest BCUT2D eigenvalue weighted by Crippen LogP contribution is 2.12. The van der Waals surface area contributed by atoms with Gasteiger partial charge in [-0.15, -0.1) is 0 Å². The van der Waals surface area contributed by atoms with Gasteiger partial charge in [-0.05, 0) is 24.6 Å². The van der Waals surface area contributed by atoms with Gasteiger partial charge < -0.3 is 10.4 Å². The van der Waals surface area contributed by atoms with Gasteiger partial charge >= 0.3 is 5.97 Å². The van der Waals surface area contributed by atoms with Gasteiger partial charge in [-0.1, -0.05) is 35.3 Å². The van der Waals surface area contributed by atoms with Crippen molar-refractivity contribution in [3.8, 4) is 0 Å². The van der Waals surface area contributed by atoms with E-state index in [1.54, 1.807) is 24.3 Å². The maximum Gasteiger partial charge on any atom is 0.326 e. The van der Waals surface area contributed by atoms with Crippen LogP contribution in [0.1, 0.15) is 30.1 Å². The molecule has 1 atom stereocenters. The SMILES string of the molecule is CCC[C@@H](NC(=O)c1cccc(Br)c1)C(=O)O. The van der Waals surface area contributed by atoms with E-state index in [9.17, 15) is 9.59 Å². The van der Waals surface area contributed by atoms with Gasteiger partial charge in [0.05, 0.1) is 0 Å². The number of hydrogen-bond acceptors (Lipinski definition) is 2. The van der Waals surface area contributed by atoms with E-state index in [-0.39, 0.29) is 5.91 Å². The van der Waals surface area contributed by atoms with Gasteiger partial charge in [0.1, 0.15) is 6.04 Å². The van der Waals surface area contributed by atoms with E-state index >= 15 is 0 Å². The van der Waals surface area contributed by atoms with Gasteiger partial charge in [-0.3, -0.25) is 4.79 Å². The number of carboxylic acid groups (broad SMARTS) is 1. The Bertz CT molecular complexity index is 420. The fraction of sp³-hybridized carbons (Fsp3) is 0.333. The molecule has 17 heavy (non-hydrogen) atoms. The molecule has 0 aliphatic carbocycles. The monoisotopic (exact) mass is 299 g/mol. The van der Waals surface area contributed by atoms with Crippen LogP contribution >= 0.6 is 15.9 Å². The van der Waals surface area contributed by atoms with Gasteiger partial charge in [-0.25, -0.2) is 4.79 Å². The molecule has 1 amide bonds. The molecule has 5 heteroatoms. The molecule has 1 aromatic rings. The largest absolute Gasteiger partial charge is 0.480 e. The summed E-state index contributed by atoms with van der Waals surface area (Å²) >= 11 is 3.26. The maximum absolute atomic E-state index is 11.8. The van der Waals surface area contributed by atoms with E-state index in [2.05, 4.69) is 21.2 Å². The van der Waals surface area contributed by atoms with Crippen LogP contribution < -0.4 is 5.32 Å². The predicted octanol–water partition coefficient (Wildman–Crippen LogP) is 2.43. The van der Waals surface area contributed by atoms with Crippen LogP contribution in [0.25, 0.3) is 0 Å². The van der Waals surface area contributed by atoms with E-state index in [0.717, 1.165) is 4.47 Å². The van der Waals surface area contributed by atoms with Crippen molar-refractivity contribution in [3.05, 3.63) is 34.3 Å². The van der Waals surface area contributed by atoms with E-state index < -0.39 is 12.0 Å². The van der Waals surface area contributed by atoms with Crippen LogP contribution in [0.2, 0.25) is 0 Å². The number of carboxylic acids is 1. The molecule has 92 valence electrons. The zero-order chi connectivity index (χ0) is 12.8. The number of carbonyl (C=O) groups excluding carboxylic acids is 1. The van der Waals surface area contributed by atoms with E-state index in [1.165, 1.54) is 0 Å². The minimum Gasteiger partial charge on any atom is -0.480 e. The minimum absolute atomic E-state index is 0.368. The Hall–Kier alpha value is -1.36. The van der Waals surface area contributed by atoms with Crippen LogP contribution in [-0.2, 0) is 4.79 Å². The number of halogens is 1. The highest BCUT2D eigenvalue weighted by molar-refractivity contribution is 9.10. The summed E-state index contributed by atoms with van der Waals surface area (Å²) in [5.41, 5.74) is 0.446. The first kappa shape index (κ1) is 13.7. The Kier molecular flexibility index (Phi) is 5.15. The first-order valence-corrected chi connectivity index (χ1v) is 6.13. The zero-order valence-corrected chi connectivity index (χ0v) is 11.0. The Labute approximate surface area is 108 Å². The lowest BCUT2D eigenvalue weighted by molar-refractivity contribution is -0.139. The third-order valence-electron chi connectivity index (χ3n) is 2.27. The van der Waals surface area contributed by atoms with Crippen molar-refractivity contribution in [2.45, 2.75) is 25.8 Å². The number of amides is 1. The molecule has 0 aromatic heterocycles. The normalized spacial score (nSPS) is 11.9. The van der Waals surface area contributed by atoms with Gasteiger partial charge in [-0.2, -0.15) is 0 Å². The molecule has 2 N–H and O–H groups in total. The molecule has 0 spiro atoms. The smallest absolute Gasteiger partial charge is 0.326 e. The van der Waals surface area contributed by atoms with Gasteiger partial charge in [0.25, 0.3) is 5.91 Å². The Morgan fingerprint density at radius 2 is 2.18 bits per heavy atom. The molecular weight excluding hydrogens is 286 g/mol. The van der Waals surface area contributed by atoms with Gasteiger partial charge in [0.2, 0.25) is 0 Å². The first-order chi connectivity index (χ1) is 8.04. The summed E-state index contributed by atoms with van der Waals surface area (Å²) in [6.45, 7) is 1.88. The summed E-state index contributed by atoms with van der Waals surface area (Å²) in [4.78, 5) is 22.7. The van der Waals surface area contributed by atoms with Crippen LogP contribution in [0.4, 0.5) is 0 Å². The fourth-order valence-corrected chi connectivity index (χ4v) is 1.82. The van der Waals surface area contributed by atoms with Crippen LogP contribution in [0, 0.1) is 0 Å². The maximum atomic E-state index is 11.8. The van der Waals surface area contributed by atoms with Crippen LogP contribution in [-0.4, -0.2) is 23.0 Å². The molecule has 0 heterocycles. The molecule has 0 fully saturated rings. The first-order valence-electron chi connectivity index (χ1n) is 5.33. The average molecular weight is 300 g/mol. The van der Waals surface area contributed by atoms with Crippen LogP contribution in [0.3, 0.4) is 0 Å². The minimum atomic E-state index is -1.00. The fourth-order valence-electron chi connectivity index (χ4n) is 1.42. The van der Waals surface area contributed by atoms with E-state index in [0.29, 0.717) is 18.4 Å². The van der Waals surface area contributed by atoms with Gasteiger partial charge in [0.15, 0.2) is 0 Å². The molecule has 0 aliphatic rings. The standard InChI is InChI=1S/C12H14BrNO3/c1-2-4-10(12(16)17)14-11(15)8-5-3-6-9(13)7-8/h3,5-7,10H,2,4H2,1H3,(H,14,15)(H,16,17)/t10-/m1/s1. The van der Waals surface area contributed by atoms with E-state index in [1.807, 2.05) is 6.92 Å². The lowest BCUT2D eigenvalue weighted by Gasteiger charge is -2.13. The van der Waals surface area contributed by atoms with Crippen molar-refractivity contribution in [2.24, 2.45) is 0 Å². The van der Waals surface area contributed by atoms with Crippen molar-refractivity contribution in [1.29, 1.82) is 0 Å². The van der Waals surface area contributed by atoms with Crippen molar-refractivity contribution in [3.63, 3.8) is 0 Å². The van der Waals surface area contributed by atoms with Crippen LogP contribution in [0.15, 0.2) is 28.7 Å². The molecule has 0 saturated heterocycles. The van der Waals surface area contributed by atoms with Gasteiger partial charge in [0, 0.05) is 10.0 Å². The summed E-state index contributed by atoms with van der Waals surface area (Å²) < 4.78 is 0.785. The molecule has 0 radical (unpaired) electrons. The molecular formula is C12H14BrNO3. The highest BCUT2D eigenvalue weighted by atomic mass is 79.9. The Balaban J connectivity index is 2.73. The van der Waals surface area contributed by atoms with Crippen molar-refractivity contribution < 1.29 is 14.7 Å². The lowest BCUT2D eigenvalue weighted by Crippen LogP contribution is -2.40. The van der Waals surface area contributed by atoms with Crippen LogP contribution in [0.5, 0.6) is 0 Å².